The summed E-state index contributed by atoms with van der Waals surface area (Å²) in [7, 11) is 4.53. The van der Waals surface area contributed by atoms with E-state index in [9.17, 15) is 9.59 Å². The molecule has 0 bridgehead atoms. The minimum atomic E-state index is -1.03. The molecular weight excluding hydrogens is 382 g/mol. The van der Waals surface area contributed by atoms with Gasteiger partial charge in [-0.1, -0.05) is 45.0 Å². The molecule has 1 amide bonds. The first-order chi connectivity index (χ1) is 14.2. The lowest BCUT2D eigenvalue weighted by Gasteiger charge is -2.32. The van der Waals surface area contributed by atoms with Gasteiger partial charge >= 0.3 is 5.97 Å². The van der Waals surface area contributed by atoms with Gasteiger partial charge in [0, 0.05) is 28.7 Å². The van der Waals surface area contributed by atoms with Gasteiger partial charge in [-0.15, -0.1) is 0 Å². The number of methoxy groups -OCH3 is 3. The van der Waals surface area contributed by atoms with Crippen molar-refractivity contribution in [1.82, 2.24) is 0 Å². The van der Waals surface area contributed by atoms with Crippen molar-refractivity contribution in [3.05, 3.63) is 53.6 Å². The number of fused-ring (bicyclic) bond motifs is 3. The average Bonchev–Trinajstić information content (AvgIpc) is 3.30. The van der Waals surface area contributed by atoms with Gasteiger partial charge in [-0.25, -0.2) is 0 Å². The van der Waals surface area contributed by atoms with Crippen LogP contribution < -0.4 is 14.4 Å². The van der Waals surface area contributed by atoms with E-state index in [-0.39, 0.29) is 23.8 Å². The molecule has 2 aromatic rings. The first-order valence-electron chi connectivity index (χ1n) is 9.97. The van der Waals surface area contributed by atoms with Gasteiger partial charge in [0.05, 0.1) is 27.4 Å². The van der Waals surface area contributed by atoms with Gasteiger partial charge in [0.2, 0.25) is 5.91 Å². The highest BCUT2D eigenvalue weighted by Gasteiger charge is 2.79. The number of rotatable bonds is 4. The summed E-state index contributed by atoms with van der Waals surface area (Å²) in [6.07, 6.45) is 0. The lowest BCUT2D eigenvalue weighted by atomic mass is 9.86. The monoisotopic (exact) mass is 409 g/mol. The zero-order valence-corrected chi connectivity index (χ0v) is 18.2. The van der Waals surface area contributed by atoms with Crippen LogP contribution >= 0.6 is 0 Å². The van der Waals surface area contributed by atoms with Gasteiger partial charge in [0.15, 0.2) is 0 Å². The van der Waals surface area contributed by atoms with Crippen molar-refractivity contribution in [1.29, 1.82) is 0 Å². The van der Waals surface area contributed by atoms with E-state index in [1.54, 1.807) is 31.3 Å². The number of nitrogens with zero attached hydrogens (tertiary/aromatic N) is 1. The molecule has 0 aromatic heterocycles. The molecule has 0 spiro atoms. The molecule has 1 aliphatic carbocycles. The van der Waals surface area contributed by atoms with Gasteiger partial charge in [-0.05, 0) is 17.7 Å². The molecule has 6 nitrogen and oxygen atoms in total. The van der Waals surface area contributed by atoms with Crippen LogP contribution in [0.5, 0.6) is 11.5 Å². The fourth-order valence-electron chi connectivity index (χ4n) is 4.85. The molecule has 0 unspecified atom stereocenters. The number of benzene rings is 2. The van der Waals surface area contributed by atoms with Crippen LogP contribution in [-0.4, -0.2) is 39.2 Å². The Labute approximate surface area is 176 Å². The van der Waals surface area contributed by atoms with Crippen molar-refractivity contribution in [2.75, 3.05) is 26.2 Å². The van der Waals surface area contributed by atoms with Gasteiger partial charge in [0.25, 0.3) is 0 Å². The molecule has 30 heavy (non-hydrogen) atoms. The van der Waals surface area contributed by atoms with E-state index in [0.29, 0.717) is 17.1 Å². The van der Waals surface area contributed by atoms with Crippen LogP contribution in [0.25, 0.3) is 0 Å². The van der Waals surface area contributed by atoms with Crippen LogP contribution in [0, 0.1) is 5.41 Å². The Balaban J connectivity index is 1.95. The molecule has 3 atom stereocenters. The van der Waals surface area contributed by atoms with Gasteiger partial charge in [0.1, 0.15) is 16.9 Å². The Morgan fingerprint density at radius 1 is 1.00 bits per heavy atom. The summed E-state index contributed by atoms with van der Waals surface area (Å²) in [5, 5.41) is 0. The van der Waals surface area contributed by atoms with Gasteiger partial charge in [-0.3, -0.25) is 9.59 Å². The molecule has 1 aliphatic heterocycles. The Morgan fingerprint density at radius 3 is 2.30 bits per heavy atom. The van der Waals surface area contributed by atoms with Gasteiger partial charge < -0.3 is 19.1 Å². The first kappa shape index (κ1) is 20.3. The van der Waals surface area contributed by atoms with Crippen molar-refractivity contribution in [2.24, 2.45) is 5.41 Å². The Hall–Kier alpha value is -3.02. The minimum absolute atomic E-state index is 0.0271. The van der Waals surface area contributed by atoms with E-state index in [4.69, 9.17) is 14.2 Å². The summed E-state index contributed by atoms with van der Waals surface area (Å²) in [5.74, 6) is 0.567. The van der Waals surface area contributed by atoms with Crippen LogP contribution in [0.15, 0.2) is 42.5 Å². The second kappa shape index (κ2) is 6.76. The van der Waals surface area contributed by atoms with Crippen LogP contribution in [0.4, 0.5) is 5.69 Å². The summed E-state index contributed by atoms with van der Waals surface area (Å²) in [5.41, 5.74) is 0.912. The predicted octanol–water partition coefficient (Wildman–Crippen LogP) is 3.67. The fourth-order valence-corrected chi connectivity index (χ4v) is 4.85. The third-order valence-corrected chi connectivity index (χ3v) is 6.21. The van der Waals surface area contributed by atoms with E-state index in [2.05, 4.69) is 0 Å². The SMILES string of the molecule is COC(=O)[C@@]1(c2ccc(OC)cc2OC)[C@@H]2c3ccccc3N(C(=O)C(C)(C)C)[C@@H]21. The summed E-state index contributed by atoms with van der Waals surface area (Å²) in [4.78, 5) is 28.6. The van der Waals surface area contributed by atoms with E-state index in [1.807, 2.05) is 51.1 Å². The minimum Gasteiger partial charge on any atom is -0.497 e. The molecule has 0 saturated heterocycles. The second-order valence-corrected chi connectivity index (χ2v) is 8.83. The van der Waals surface area contributed by atoms with Crippen LogP contribution in [0.2, 0.25) is 0 Å². The highest BCUT2D eigenvalue weighted by Crippen LogP contribution is 2.71. The van der Waals surface area contributed by atoms with E-state index < -0.39 is 10.8 Å². The maximum Gasteiger partial charge on any atom is 0.319 e. The third kappa shape index (κ3) is 2.56. The lowest BCUT2D eigenvalue weighted by molar-refractivity contribution is -0.144. The fraction of sp³-hybridized carbons (Fsp3) is 0.417. The topological polar surface area (TPSA) is 65.1 Å². The number of hydrogen-bond donors (Lipinski definition) is 0. The summed E-state index contributed by atoms with van der Waals surface area (Å²) >= 11 is 0. The van der Waals surface area contributed by atoms with Crippen molar-refractivity contribution in [2.45, 2.75) is 38.1 Å². The third-order valence-electron chi connectivity index (χ3n) is 6.21. The Kier molecular flexibility index (Phi) is 4.56. The summed E-state index contributed by atoms with van der Waals surface area (Å²) < 4.78 is 16.2. The van der Waals surface area contributed by atoms with Gasteiger partial charge in [-0.2, -0.15) is 0 Å². The maximum atomic E-state index is 13.5. The maximum absolute atomic E-state index is 13.5. The van der Waals surface area contributed by atoms with E-state index in [0.717, 1.165) is 11.3 Å². The normalized spacial score (nSPS) is 24.0. The molecule has 0 N–H and O–H groups in total. The Bertz CT molecular complexity index is 1020. The lowest BCUT2D eigenvalue weighted by Crippen LogP contribution is -2.45. The highest BCUT2D eigenvalue weighted by atomic mass is 16.5. The number of carbonyl (C=O) groups is 2. The average molecular weight is 409 g/mol. The quantitative estimate of drug-likeness (QED) is 0.721. The van der Waals surface area contributed by atoms with Crippen LogP contribution in [0.3, 0.4) is 0 Å². The molecule has 2 aliphatic rings. The number of anilines is 1. The van der Waals surface area contributed by atoms with E-state index in [1.165, 1.54) is 7.11 Å². The molecule has 6 heteroatoms. The molecule has 1 saturated carbocycles. The predicted molar refractivity (Wildman–Crippen MR) is 113 cm³/mol. The number of para-hydroxylation sites is 1. The highest BCUT2D eigenvalue weighted by molar-refractivity contribution is 6.07. The van der Waals surface area contributed by atoms with Crippen molar-refractivity contribution in [3.8, 4) is 11.5 Å². The van der Waals surface area contributed by atoms with Crippen LogP contribution in [-0.2, 0) is 19.7 Å². The zero-order chi connectivity index (χ0) is 21.8. The number of hydrogen-bond acceptors (Lipinski definition) is 5. The Morgan fingerprint density at radius 2 is 1.70 bits per heavy atom. The first-order valence-corrected chi connectivity index (χ1v) is 9.97. The van der Waals surface area contributed by atoms with Crippen molar-refractivity contribution in [3.63, 3.8) is 0 Å². The molecule has 158 valence electrons. The number of ether oxygens (including phenoxy) is 3. The largest absolute Gasteiger partial charge is 0.497 e. The molecule has 2 aromatic carbocycles. The van der Waals surface area contributed by atoms with E-state index >= 15 is 0 Å². The van der Waals surface area contributed by atoms with Crippen molar-refractivity contribution >= 4 is 17.6 Å². The van der Waals surface area contributed by atoms with Crippen LogP contribution in [0.1, 0.15) is 37.8 Å². The molecule has 1 fully saturated rings. The smallest absolute Gasteiger partial charge is 0.319 e. The second-order valence-electron chi connectivity index (χ2n) is 8.83. The summed E-state index contributed by atoms with van der Waals surface area (Å²) in [6.45, 7) is 5.67. The van der Waals surface area contributed by atoms with Crippen molar-refractivity contribution < 1.29 is 23.8 Å². The molecule has 0 radical (unpaired) electrons. The number of amides is 1. The standard InChI is InChI=1S/C24H27NO5/c1-23(2,3)21(26)25-17-10-8-7-9-15(17)19-20(25)24(19,22(27)30-6)16-12-11-14(28-4)13-18(16)29-5/h7-13,19-20H,1-6H3/t19-,20+,24+/m1/s1. The molecule has 4 rings (SSSR count). The number of carbonyl (C=O) groups excluding carboxylic acids is 2. The number of esters is 1. The zero-order valence-electron chi connectivity index (χ0n) is 18.2. The molecular formula is C24H27NO5. The molecule has 1 heterocycles. The summed E-state index contributed by atoms with van der Waals surface area (Å²) in [6, 6.07) is 12.8.